The van der Waals surface area contributed by atoms with Crippen LogP contribution in [0.3, 0.4) is 0 Å². The number of carbonyl (C=O) groups is 2. The third kappa shape index (κ3) is 3.78. The van der Waals surface area contributed by atoms with Gasteiger partial charge in [0.25, 0.3) is 0 Å². The predicted octanol–water partition coefficient (Wildman–Crippen LogP) is 2.32. The van der Waals surface area contributed by atoms with Gasteiger partial charge in [0, 0.05) is 50.4 Å². The Kier molecular flexibility index (Phi) is 4.73. The summed E-state index contributed by atoms with van der Waals surface area (Å²) in [5, 5.41) is 13.0. The average Bonchev–Trinajstić information content (AvgIpc) is 3.17. The zero-order valence-electron chi connectivity index (χ0n) is 17.7. The van der Waals surface area contributed by atoms with E-state index in [-0.39, 0.29) is 11.8 Å². The van der Waals surface area contributed by atoms with Crippen molar-refractivity contribution in [1.29, 1.82) is 0 Å². The first kappa shape index (κ1) is 19.7. The van der Waals surface area contributed by atoms with Crippen LogP contribution in [0.4, 0.5) is 0 Å². The number of hydrogen-bond donors (Lipinski definition) is 2. The molecular weight excluding hydrogens is 378 g/mol. The second kappa shape index (κ2) is 7.19. The van der Waals surface area contributed by atoms with Gasteiger partial charge < -0.3 is 15.3 Å². The van der Waals surface area contributed by atoms with Crippen LogP contribution < -0.4 is 5.32 Å². The van der Waals surface area contributed by atoms with Crippen LogP contribution in [0.25, 0.3) is 6.08 Å². The van der Waals surface area contributed by atoms with Crippen molar-refractivity contribution in [2.45, 2.75) is 57.5 Å². The lowest BCUT2D eigenvalue weighted by molar-refractivity contribution is -0.137. The summed E-state index contributed by atoms with van der Waals surface area (Å²) >= 11 is 0. The molecule has 1 saturated heterocycles. The molecule has 0 bridgehead atoms. The Labute approximate surface area is 177 Å². The van der Waals surface area contributed by atoms with Crippen LogP contribution in [0.1, 0.15) is 56.6 Å². The number of fused-ring (bicyclic) bond motifs is 1. The van der Waals surface area contributed by atoms with Gasteiger partial charge >= 0.3 is 0 Å². The lowest BCUT2D eigenvalue weighted by Gasteiger charge is -2.42. The fourth-order valence-electron chi connectivity index (χ4n) is 5.88. The molecule has 30 heavy (non-hydrogen) atoms. The Bertz CT molecular complexity index is 891. The minimum absolute atomic E-state index is 0.0391. The van der Waals surface area contributed by atoms with Crippen LogP contribution in [0.5, 0.6) is 0 Å². The van der Waals surface area contributed by atoms with Gasteiger partial charge in [-0.1, -0.05) is 0 Å². The first-order chi connectivity index (χ1) is 14.3. The number of likely N-dealkylation sites (tertiary alicyclic amines) is 1. The number of carbonyl (C=O) groups excluding carboxylic acids is 2. The fraction of sp³-hybridized carbons (Fsp3) is 0.625. The number of piperidine rings is 1. The third-order valence-corrected chi connectivity index (χ3v) is 7.85. The van der Waals surface area contributed by atoms with Crippen molar-refractivity contribution in [2.75, 3.05) is 19.6 Å². The number of nitrogens with one attached hydrogen (secondary N) is 1. The topological polar surface area (TPSA) is 82.5 Å². The average molecular weight is 410 g/mol. The number of aliphatic hydroxyl groups is 1. The number of hydrogen-bond acceptors (Lipinski definition) is 4. The predicted molar refractivity (Wildman–Crippen MR) is 113 cm³/mol. The van der Waals surface area contributed by atoms with E-state index >= 15 is 0 Å². The molecule has 4 aliphatic rings. The monoisotopic (exact) mass is 409 g/mol. The summed E-state index contributed by atoms with van der Waals surface area (Å²) in [6.45, 7) is 4.25. The Morgan fingerprint density at radius 1 is 1.27 bits per heavy atom. The zero-order valence-corrected chi connectivity index (χ0v) is 17.7. The first-order valence-corrected chi connectivity index (χ1v) is 11.3. The molecule has 2 heterocycles. The summed E-state index contributed by atoms with van der Waals surface area (Å²) in [5.41, 5.74) is 2.80. The highest BCUT2D eigenvalue weighted by atomic mass is 16.3. The molecule has 160 valence electrons. The molecule has 3 aliphatic carbocycles. The summed E-state index contributed by atoms with van der Waals surface area (Å²) in [6.07, 6.45) is 11.5. The van der Waals surface area contributed by atoms with Crippen LogP contribution in [0.15, 0.2) is 24.0 Å². The van der Waals surface area contributed by atoms with Gasteiger partial charge in [-0.25, -0.2) is 0 Å². The Morgan fingerprint density at radius 2 is 2.03 bits per heavy atom. The van der Waals surface area contributed by atoms with E-state index in [1.54, 1.807) is 6.20 Å². The summed E-state index contributed by atoms with van der Waals surface area (Å²) in [4.78, 5) is 31.3. The first-order valence-electron chi connectivity index (χ1n) is 11.3. The van der Waals surface area contributed by atoms with Gasteiger partial charge in [0.05, 0.1) is 5.60 Å². The second-order valence-electron chi connectivity index (χ2n) is 10.3. The van der Waals surface area contributed by atoms with E-state index < -0.39 is 5.60 Å². The van der Waals surface area contributed by atoms with Crippen molar-refractivity contribution in [2.24, 2.45) is 17.3 Å². The largest absolute Gasteiger partial charge is 0.390 e. The van der Waals surface area contributed by atoms with E-state index in [1.807, 2.05) is 30.2 Å². The highest BCUT2D eigenvalue weighted by Gasteiger charge is 2.55. The van der Waals surface area contributed by atoms with Crippen molar-refractivity contribution < 1.29 is 14.7 Å². The van der Waals surface area contributed by atoms with Crippen molar-refractivity contribution in [3.05, 3.63) is 35.2 Å². The number of pyridine rings is 1. The summed E-state index contributed by atoms with van der Waals surface area (Å²) < 4.78 is 0. The Hall–Kier alpha value is -2.21. The zero-order chi connectivity index (χ0) is 20.9. The van der Waals surface area contributed by atoms with Gasteiger partial charge in [0.15, 0.2) is 0 Å². The van der Waals surface area contributed by atoms with E-state index in [4.69, 9.17) is 0 Å². The molecule has 0 radical (unpaired) electrons. The van der Waals surface area contributed by atoms with E-state index in [1.165, 1.54) is 5.56 Å². The van der Waals surface area contributed by atoms with Crippen LogP contribution in [0, 0.1) is 17.3 Å². The molecule has 2 saturated carbocycles. The molecule has 5 rings (SSSR count). The van der Waals surface area contributed by atoms with Crippen LogP contribution >= 0.6 is 0 Å². The minimum Gasteiger partial charge on any atom is -0.390 e. The van der Waals surface area contributed by atoms with Gasteiger partial charge in [-0.15, -0.1) is 0 Å². The highest BCUT2D eigenvalue weighted by molar-refractivity contribution is 6.00. The van der Waals surface area contributed by atoms with Crippen LogP contribution in [-0.4, -0.2) is 52.0 Å². The van der Waals surface area contributed by atoms with Gasteiger partial charge in [-0.2, -0.15) is 0 Å². The molecule has 1 aromatic heterocycles. The van der Waals surface area contributed by atoms with E-state index in [0.29, 0.717) is 30.1 Å². The Balaban J connectivity index is 1.05. The van der Waals surface area contributed by atoms with Crippen LogP contribution in [0.2, 0.25) is 0 Å². The molecule has 1 spiro atoms. The van der Waals surface area contributed by atoms with Crippen LogP contribution in [-0.2, 0) is 16.0 Å². The number of aromatic nitrogens is 1. The Morgan fingerprint density at radius 3 is 2.73 bits per heavy atom. The maximum absolute atomic E-state index is 12.6. The summed E-state index contributed by atoms with van der Waals surface area (Å²) in [6, 6.07) is 1.98. The van der Waals surface area contributed by atoms with E-state index in [0.717, 1.165) is 62.9 Å². The van der Waals surface area contributed by atoms with Gasteiger partial charge in [0.2, 0.25) is 11.8 Å². The summed E-state index contributed by atoms with van der Waals surface area (Å²) in [5.74, 6) is 1.17. The van der Waals surface area contributed by atoms with E-state index in [2.05, 4.69) is 10.3 Å². The number of rotatable bonds is 5. The molecule has 1 aromatic rings. The molecule has 2 N–H and O–H groups in total. The lowest BCUT2D eigenvalue weighted by Crippen LogP contribution is -2.45. The fourth-order valence-corrected chi connectivity index (χ4v) is 5.88. The molecule has 0 aromatic carbocycles. The molecule has 1 atom stereocenters. The standard InChI is InChI=1S/C24H31N3O3/c1-23(30)11-16(12-23)8-21(28)27-6-3-24(4-7-27)13-20(24)15-26-22(29)18-9-17-2-5-25-14-19(17)10-18/h2,5,10,14,16,20,30H,3-4,6-9,11-13,15H2,1H3,(H,26,29). The molecule has 1 aliphatic heterocycles. The quantitative estimate of drug-likeness (QED) is 0.782. The molecular formula is C24H31N3O3. The molecule has 6 heteroatoms. The molecule has 2 amide bonds. The third-order valence-electron chi connectivity index (χ3n) is 7.85. The molecule has 6 nitrogen and oxygen atoms in total. The number of amides is 2. The van der Waals surface area contributed by atoms with Gasteiger partial charge in [-0.3, -0.25) is 14.6 Å². The van der Waals surface area contributed by atoms with E-state index in [9.17, 15) is 14.7 Å². The molecule has 3 fully saturated rings. The second-order valence-corrected chi connectivity index (χ2v) is 10.3. The number of nitrogens with zero attached hydrogens (tertiary/aromatic N) is 2. The maximum atomic E-state index is 12.6. The van der Waals surface area contributed by atoms with Crippen molar-refractivity contribution in [3.8, 4) is 0 Å². The highest BCUT2D eigenvalue weighted by Crippen LogP contribution is 2.59. The normalized spacial score (nSPS) is 31.0. The molecule has 1 unspecified atom stereocenters. The van der Waals surface area contributed by atoms with Crippen molar-refractivity contribution in [1.82, 2.24) is 15.2 Å². The lowest BCUT2D eigenvalue weighted by atomic mass is 9.70. The van der Waals surface area contributed by atoms with Gasteiger partial charge in [0.1, 0.15) is 0 Å². The maximum Gasteiger partial charge on any atom is 0.247 e. The van der Waals surface area contributed by atoms with Crippen molar-refractivity contribution >= 4 is 17.9 Å². The SMILES string of the molecule is CC1(O)CC(CC(=O)N2CCC3(CC2)CC3CNC(=O)C2=Cc3cnccc3C2)C1. The summed E-state index contributed by atoms with van der Waals surface area (Å²) in [7, 11) is 0. The van der Waals surface area contributed by atoms with Crippen molar-refractivity contribution in [3.63, 3.8) is 0 Å². The smallest absolute Gasteiger partial charge is 0.247 e. The van der Waals surface area contributed by atoms with Gasteiger partial charge in [-0.05, 0) is 79.5 Å². The minimum atomic E-state index is -0.559.